The normalized spacial score (nSPS) is 11.0. The van der Waals surface area contributed by atoms with Crippen LogP contribution in [0.2, 0.25) is 0 Å². The molecule has 4 nitrogen and oxygen atoms in total. The topological polar surface area (TPSA) is 46.9 Å². The minimum Gasteiger partial charge on any atom is -0.348 e. The zero-order valence-corrected chi connectivity index (χ0v) is 13.2. The monoisotopic (exact) mass is 339 g/mol. The Morgan fingerprint density at radius 3 is 2.64 bits per heavy atom. The first-order chi connectivity index (χ1) is 12.1. The van der Waals surface area contributed by atoms with E-state index in [1.54, 1.807) is 47.3 Å². The fourth-order valence-electron chi connectivity index (χ4n) is 2.27. The molecule has 0 radical (unpaired) electrons. The van der Waals surface area contributed by atoms with E-state index in [1.807, 2.05) is 0 Å². The van der Waals surface area contributed by atoms with Crippen LogP contribution in [0.3, 0.4) is 0 Å². The first-order valence-electron chi connectivity index (χ1n) is 7.60. The number of rotatable bonds is 5. The third-order valence-corrected chi connectivity index (χ3v) is 3.56. The molecule has 0 fully saturated rings. The van der Waals surface area contributed by atoms with Crippen LogP contribution in [0.15, 0.2) is 67.3 Å². The second-order valence-corrected chi connectivity index (χ2v) is 5.36. The second kappa shape index (κ2) is 7.53. The van der Waals surface area contributed by atoms with Gasteiger partial charge < -0.3 is 9.88 Å². The third-order valence-electron chi connectivity index (χ3n) is 3.56. The Morgan fingerprint density at radius 1 is 1.16 bits per heavy atom. The van der Waals surface area contributed by atoms with Crippen LogP contribution in [0.25, 0.3) is 11.8 Å². The Kier molecular flexibility index (Phi) is 4.99. The van der Waals surface area contributed by atoms with Gasteiger partial charge in [-0.15, -0.1) is 0 Å². The highest BCUT2D eigenvalue weighted by atomic mass is 19.1. The zero-order chi connectivity index (χ0) is 17.6. The zero-order valence-electron chi connectivity index (χ0n) is 13.2. The van der Waals surface area contributed by atoms with Gasteiger partial charge in [0.2, 0.25) is 5.91 Å². The minimum absolute atomic E-state index is 0.202. The van der Waals surface area contributed by atoms with Crippen molar-refractivity contribution in [1.82, 2.24) is 14.9 Å². The number of imidazole rings is 1. The quantitative estimate of drug-likeness (QED) is 0.724. The van der Waals surface area contributed by atoms with E-state index in [0.29, 0.717) is 16.8 Å². The number of nitrogens with zero attached hydrogens (tertiary/aromatic N) is 2. The number of nitrogens with one attached hydrogen (secondary N) is 1. The number of halogens is 2. The number of hydrogen-bond donors (Lipinski definition) is 1. The highest BCUT2D eigenvalue weighted by Crippen LogP contribution is 2.15. The van der Waals surface area contributed by atoms with Gasteiger partial charge in [-0.1, -0.05) is 18.2 Å². The van der Waals surface area contributed by atoms with Gasteiger partial charge in [0.05, 0.1) is 12.0 Å². The Morgan fingerprint density at radius 2 is 1.96 bits per heavy atom. The summed E-state index contributed by atoms with van der Waals surface area (Å²) in [6.45, 7) is 0.202. The van der Waals surface area contributed by atoms with Gasteiger partial charge in [-0.2, -0.15) is 0 Å². The molecule has 2 aromatic carbocycles. The van der Waals surface area contributed by atoms with E-state index in [-0.39, 0.29) is 18.3 Å². The molecule has 0 spiro atoms. The summed E-state index contributed by atoms with van der Waals surface area (Å²) in [5.41, 5.74) is 1.75. The molecule has 1 amide bonds. The van der Waals surface area contributed by atoms with Crippen LogP contribution in [0.4, 0.5) is 8.78 Å². The molecule has 0 unspecified atom stereocenters. The highest BCUT2D eigenvalue weighted by Gasteiger charge is 2.06. The lowest BCUT2D eigenvalue weighted by Crippen LogP contribution is -2.20. The van der Waals surface area contributed by atoms with Gasteiger partial charge in [-0.05, 0) is 41.5 Å². The van der Waals surface area contributed by atoms with Crippen LogP contribution < -0.4 is 5.32 Å². The van der Waals surface area contributed by atoms with E-state index in [9.17, 15) is 13.6 Å². The van der Waals surface area contributed by atoms with Crippen molar-refractivity contribution in [2.24, 2.45) is 0 Å². The van der Waals surface area contributed by atoms with Gasteiger partial charge in [0.1, 0.15) is 11.6 Å². The Hall–Kier alpha value is -3.28. The van der Waals surface area contributed by atoms with Gasteiger partial charge in [0.25, 0.3) is 0 Å². The molecule has 0 aliphatic carbocycles. The molecule has 0 bridgehead atoms. The lowest BCUT2D eigenvalue weighted by atomic mass is 10.2. The van der Waals surface area contributed by atoms with E-state index in [2.05, 4.69) is 10.3 Å². The smallest absolute Gasteiger partial charge is 0.244 e. The predicted octanol–water partition coefficient (Wildman–Crippen LogP) is 3.48. The number of aromatic nitrogens is 2. The van der Waals surface area contributed by atoms with E-state index in [1.165, 1.54) is 30.6 Å². The van der Waals surface area contributed by atoms with Gasteiger partial charge in [-0.3, -0.25) is 4.79 Å². The molecular formula is C19H15F2N3O. The number of hydrogen-bond acceptors (Lipinski definition) is 2. The third kappa shape index (κ3) is 4.38. The maximum absolute atomic E-state index is 14.1. The Balaban J connectivity index is 1.58. The van der Waals surface area contributed by atoms with Gasteiger partial charge in [-0.25, -0.2) is 13.8 Å². The summed E-state index contributed by atoms with van der Waals surface area (Å²) in [5, 5.41) is 2.68. The molecule has 1 heterocycles. The fourth-order valence-corrected chi connectivity index (χ4v) is 2.27. The molecule has 3 aromatic rings. The van der Waals surface area contributed by atoms with Gasteiger partial charge >= 0.3 is 0 Å². The average Bonchev–Trinajstić information content (AvgIpc) is 3.14. The van der Waals surface area contributed by atoms with Crippen LogP contribution in [-0.4, -0.2) is 15.5 Å². The molecule has 6 heteroatoms. The van der Waals surface area contributed by atoms with Crippen molar-refractivity contribution < 1.29 is 13.6 Å². The van der Waals surface area contributed by atoms with Crippen molar-refractivity contribution in [3.8, 4) is 5.69 Å². The van der Waals surface area contributed by atoms with Crippen molar-refractivity contribution in [2.75, 3.05) is 0 Å². The van der Waals surface area contributed by atoms with Gasteiger partial charge in [0, 0.05) is 25.0 Å². The van der Waals surface area contributed by atoms with Crippen molar-refractivity contribution in [3.05, 3.63) is 90.0 Å². The number of benzene rings is 2. The number of carbonyl (C=O) groups excluding carboxylic acids is 1. The van der Waals surface area contributed by atoms with Crippen molar-refractivity contribution in [3.63, 3.8) is 0 Å². The molecule has 25 heavy (non-hydrogen) atoms. The van der Waals surface area contributed by atoms with Crippen LogP contribution >= 0.6 is 0 Å². The van der Waals surface area contributed by atoms with Crippen LogP contribution in [0.5, 0.6) is 0 Å². The standard InChI is InChI=1S/C19H15F2N3O/c20-16-5-1-14(2-6-16)4-8-19(25)23-12-15-3-7-18(17(21)11-15)24-10-9-22-13-24/h1-11,13H,12H2,(H,23,25)/b8-4+. The summed E-state index contributed by atoms with van der Waals surface area (Å²) < 4.78 is 28.5. The Labute approximate surface area is 143 Å². The summed E-state index contributed by atoms with van der Waals surface area (Å²) in [5.74, 6) is -1.04. The Bertz CT molecular complexity index is 888. The molecule has 1 aromatic heterocycles. The maximum Gasteiger partial charge on any atom is 0.244 e. The molecule has 0 atom stereocenters. The van der Waals surface area contributed by atoms with E-state index < -0.39 is 5.82 Å². The molecular weight excluding hydrogens is 324 g/mol. The molecule has 0 aliphatic heterocycles. The SMILES string of the molecule is O=C(/C=C/c1ccc(F)cc1)NCc1ccc(-n2ccnc2)c(F)c1. The van der Waals surface area contributed by atoms with Crippen molar-refractivity contribution >= 4 is 12.0 Å². The van der Waals surface area contributed by atoms with Crippen molar-refractivity contribution in [1.29, 1.82) is 0 Å². The fraction of sp³-hybridized carbons (Fsp3) is 0.0526. The number of amides is 1. The summed E-state index contributed by atoms with van der Waals surface area (Å²) in [6.07, 6.45) is 7.67. The highest BCUT2D eigenvalue weighted by molar-refractivity contribution is 5.91. The number of carbonyl (C=O) groups is 1. The first kappa shape index (κ1) is 16.6. The van der Waals surface area contributed by atoms with E-state index >= 15 is 0 Å². The average molecular weight is 339 g/mol. The molecule has 0 saturated carbocycles. The van der Waals surface area contributed by atoms with Crippen molar-refractivity contribution in [2.45, 2.75) is 6.54 Å². The summed E-state index contributed by atoms with van der Waals surface area (Å²) in [6, 6.07) is 10.5. The largest absolute Gasteiger partial charge is 0.348 e. The predicted molar refractivity (Wildman–Crippen MR) is 90.8 cm³/mol. The van der Waals surface area contributed by atoms with E-state index in [0.717, 1.165) is 0 Å². The minimum atomic E-state index is -0.397. The molecule has 0 aliphatic rings. The van der Waals surface area contributed by atoms with Crippen LogP contribution in [-0.2, 0) is 11.3 Å². The lowest BCUT2D eigenvalue weighted by molar-refractivity contribution is -0.116. The van der Waals surface area contributed by atoms with E-state index in [4.69, 9.17) is 0 Å². The van der Waals surface area contributed by atoms with Gasteiger partial charge in [0.15, 0.2) is 0 Å². The molecule has 1 N–H and O–H groups in total. The van der Waals surface area contributed by atoms with Crippen LogP contribution in [0, 0.1) is 11.6 Å². The maximum atomic E-state index is 14.1. The molecule has 0 saturated heterocycles. The second-order valence-electron chi connectivity index (χ2n) is 5.36. The first-order valence-corrected chi connectivity index (χ1v) is 7.60. The molecule has 126 valence electrons. The molecule has 3 rings (SSSR count). The summed E-state index contributed by atoms with van der Waals surface area (Å²) >= 11 is 0. The summed E-state index contributed by atoms with van der Waals surface area (Å²) in [4.78, 5) is 15.7. The summed E-state index contributed by atoms with van der Waals surface area (Å²) in [7, 11) is 0. The van der Waals surface area contributed by atoms with Crippen LogP contribution in [0.1, 0.15) is 11.1 Å². The lowest BCUT2D eigenvalue weighted by Gasteiger charge is -2.07.